The van der Waals surface area contributed by atoms with Crippen LogP contribution in [0.25, 0.3) is 0 Å². The molecule has 0 bridgehead atoms. The van der Waals surface area contributed by atoms with Crippen molar-refractivity contribution < 1.29 is 17.6 Å². The Kier molecular flexibility index (Phi) is 7.01. The van der Waals surface area contributed by atoms with Gasteiger partial charge in [0.25, 0.3) is 0 Å². The second kappa shape index (κ2) is 9.75. The van der Waals surface area contributed by atoms with Crippen molar-refractivity contribution in [3.05, 3.63) is 29.6 Å². The van der Waals surface area contributed by atoms with Gasteiger partial charge in [-0.3, -0.25) is 9.69 Å². The molecule has 1 unspecified atom stereocenters. The van der Waals surface area contributed by atoms with Crippen LogP contribution in [0.4, 0.5) is 10.1 Å². The fourth-order valence-corrected chi connectivity index (χ4v) is 7.02. The molecule has 1 atom stereocenters. The van der Waals surface area contributed by atoms with Crippen LogP contribution in [0.5, 0.6) is 0 Å². The lowest BCUT2D eigenvalue weighted by molar-refractivity contribution is -0.137. The van der Waals surface area contributed by atoms with E-state index in [1.54, 1.807) is 12.1 Å². The number of nitriles is 1. The molecule has 1 aliphatic carbocycles. The fourth-order valence-electron chi connectivity index (χ4n) is 5.31. The van der Waals surface area contributed by atoms with E-state index in [1.165, 1.54) is 12.5 Å². The van der Waals surface area contributed by atoms with Crippen LogP contribution >= 0.6 is 0 Å². The van der Waals surface area contributed by atoms with Crippen LogP contribution < -0.4 is 4.90 Å². The number of halogens is 1. The predicted octanol–water partition coefficient (Wildman–Crippen LogP) is 2.17. The number of hydrogen-bond acceptors (Lipinski definition) is 6. The second-order valence-electron chi connectivity index (χ2n) is 9.19. The smallest absolute Gasteiger partial charge is 0.237 e. The molecule has 3 fully saturated rings. The maximum Gasteiger partial charge on any atom is 0.237 e. The molecule has 9 heteroatoms. The van der Waals surface area contributed by atoms with Crippen molar-refractivity contribution in [2.45, 2.75) is 50.6 Å². The van der Waals surface area contributed by atoms with Gasteiger partial charge in [0.15, 0.2) is 9.84 Å². The highest BCUT2D eigenvalue weighted by molar-refractivity contribution is 7.91. The first kappa shape index (κ1) is 23.0. The van der Waals surface area contributed by atoms with E-state index < -0.39 is 15.7 Å². The molecule has 0 aromatic heterocycles. The number of carbonyl (C=O) groups is 1. The number of rotatable bonds is 5. The number of hydrogen-bond donors (Lipinski definition) is 0. The maximum absolute atomic E-state index is 14.4. The van der Waals surface area contributed by atoms with Crippen molar-refractivity contribution in [3.63, 3.8) is 0 Å². The van der Waals surface area contributed by atoms with Gasteiger partial charge in [0.1, 0.15) is 5.82 Å². The third kappa shape index (κ3) is 5.24. The van der Waals surface area contributed by atoms with E-state index >= 15 is 0 Å². The summed E-state index contributed by atoms with van der Waals surface area (Å²) in [4.78, 5) is 19.3. The fraction of sp³-hybridized carbons (Fsp3) is 0.652. The number of nitrogens with zero attached hydrogens (tertiary/aromatic N) is 4. The van der Waals surface area contributed by atoms with E-state index in [9.17, 15) is 17.6 Å². The van der Waals surface area contributed by atoms with Gasteiger partial charge in [0.2, 0.25) is 5.91 Å². The molecule has 4 rings (SSSR count). The van der Waals surface area contributed by atoms with Gasteiger partial charge in [-0.15, -0.1) is 0 Å². The zero-order valence-electron chi connectivity index (χ0n) is 18.4. The van der Waals surface area contributed by atoms with Crippen molar-refractivity contribution in [1.82, 2.24) is 9.80 Å². The summed E-state index contributed by atoms with van der Waals surface area (Å²) in [6, 6.07) is 6.39. The topological polar surface area (TPSA) is 84.7 Å². The molecule has 1 aromatic carbocycles. The Morgan fingerprint density at radius 3 is 2.41 bits per heavy atom. The molecule has 2 saturated heterocycles. The standard InChI is InChI=1S/C23H31FN4O3S/c24-21-14-18(15-25)6-7-22(21)27-11-9-26(10-12-27)16-23(29)28(19-4-2-1-3-5-19)20-8-13-32(30,31)17-20/h6-7,14,19-20H,1-5,8-13,16-17H2. The first-order chi connectivity index (χ1) is 15.4. The molecule has 7 nitrogen and oxygen atoms in total. The SMILES string of the molecule is N#Cc1ccc(N2CCN(CC(=O)N(C3CCCCC3)C3CCS(=O)(=O)C3)CC2)c(F)c1. The summed E-state index contributed by atoms with van der Waals surface area (Å²) in [6.07, 6.45) is 5.79. The van der Waals surface area contributed by atoms with Crippen LogP contribution in [0.1, 0.15) is 44.1 Å². The maximum atomic E-state index is 14.4. The summed E-state index contributed by atoms with van der Waals surface area (Å²) in [5.41, 5.74) is 0.780. The van der Waals surface area contributed by atoms with Gasteiger partial charge in [0, 0.05) is 38.3 Å². The lowest BCUT2D eigenvalue weighted by Crippen LogP contribution is -2.54. The number of anilines is 1. The van der Waals surface area contributed by atoms with Crippen molar-refractivity contribution in [2.24, 2.45) is 0 Å². The van der Waals surface area contributed by atoms with Crippen molar-refractivity contribution in [1.29, 1.82) is 5.26 Å². The summed E-state index contributed by atoms with van der Waals surface area (Å²) >= 11 is 0. The molecular formula is C23H31FN4O3S. The molecule has 2 heterocycles. The van der Waals surface area contributed by atoms with Crippen molar-refractivity contribution in [2.75, 3.05) is 49.1 Å². The number of amides is 1. The van der Waals surface area contributed by atoms with E-state index in [0.717, 1.165) is 25.7 Å². The Morgan fingerprint density at radius 1 is 1.09 bits per heavy atom. The summed E-state index contributed by atoms with van der Waals surface area (Å²) < 4.78 is 38.5. The van der Waals surface area contributed by atoms with Crippen LogP contribution in [-0.4, -0.2) is 80.4 Å². The Morgan fingerprint density at radius 2 is 1.81 bits per heavy atom. The molecule has 1 amide bonds. The van der Waals surface area contributed by atoms with Crippen molar-refractivity contribution >= 4 is 21.4 Å². The Labute approximate surface area is 189 Å². The summed E-state index contributed by atoms with van der Waals surface area (Å²) in [5.74, 6) is -0.124. The van der Waals surface area contributed by atoms with E-state index in [2.05, 4.69) is 4.90 Å². The van der Waals surface area contributed by atoms with Gasteiger partial charge in [-0.25, -0.2) is 12.8 Å². The normalized spacial score (nSPS) is 24.2. The number of piperazine rings is 1. The van der Waals surface area contributed by atoms with E-state index in [0.29, 0.717) is 43.9 Å². The zero-order chi connectivity index (χ0) is 22.7. The first-order valence-corrected chi connectivity index (χ1v) is 13.4. The Balaban J connectivity index is 1.38. The van der Waals surface area contributed by atoms with Gasteiger partial charge in [-0.05, 0) is 37.5 Å². The lowest BCUT2D eigenvalue weighted by atomic mass is 9.92. The molecule has 0 N–H and O–H groups in total. The third-order valence-electron chi connectivity index (χ3n) is 7.01. The monoisotopic (exact) mass is 462 g/mol. The number of carbonyl (C=O) groups excluding carboxylic acids is 1. The van der Waals surface area contributed by atoms with Gasteiger partial charge in [-0.1, -0.05) is 19.3 Å². The summed E-state index contributed by atoms with van der Waals surface area (Å²) in [6.45, 7) is 2.73. The molecule has 1 saturated carbocycles. The molecule has 0 radical (unpaired) electrons. The average Bonchev–Trinajstić information content (AvgIpc) is 3.14. The molecular weight excluding hydrogens is 431 g/mol. The highest BCUT2D eigenvalue weighted by Gasteiger charge is 2.39. The molecule has 1 aromatic rings. The zero-order valence-corrected chi connectivity index (χ0v) is 19.2. The summed E-state index contributed by atoms with van der Waals surface area (Å²) in [5, 5.41) is 8.92. The van der Waals surface area contributed by atoms with Crippen molar-refractivity contribution in [3.8, 4) is 6.07 Å². The minimum absolute atomic E-state index is 0.0250. The summed E-state index contributed by atoms with van der Waals surface area (Å²) in [7, 11) is -3.06. The largest absolute Gasteiger partial charge is 0.367 e. The van der Waals surface area contributed by atoms with Crippen LogP contribution in [0.2, 0.25) is 0 Å². The third-order valence-corrected chi connectivity index (χ3v) is 8.76. The van der Waals surface area contributed by atoms with Crippen LogP contribution in [-0.2, 0) is 14.6 Å². The Bertz CT molecular complexity index is 979. The van der Waals surface area contributed by atoms with Gasteiger partial charge >= 0.3 is 0 Å². The molecule has 2 aliphatic heterocycles. The van der Waals surface area contributed by atoms with Gasteiger partial charge in [-0.2, -0.15) is 5.26 Å². The number of sulfone groups is 1. The molecule has 32 heavy (non-hydrogen) atoms. The quantitative estimate of drug-likeness (QED) is 0.667. The molecule has 3 aliphatic rings. The highest BCUT2D eigenvalue weighted by atomic mass is 32.2. The van der Waals surface area contributed by atoms with Crippen LogP contribution in [0.3, 0.4) is 0 Å². The van der Waals surface area contributed by atoms with E-state index in [4.69, 9.17) is 5.26 Å². The molecule has 0 spiro atoms. The minimum Gasteiger partial charge on any atom is -0.367 e. The van der Waals surface area contributed by atoms with Crippen LogP contribution in [0.15, 0.2) is 18.2 Å². The second-order valence-corrected chi connectivity index (χ2v) is 11.4. The van der Waals surface area contributed by atoms with Gasteiger partial charge < -0.3 is 9.80 Å². The average molecular weight is 463 g/mol. The Hall–Kier alpha value is -2.18. The highest BCUT2D eigenvalue weighted by Crippen LogP contribution is 2.29. The number of benzene rings is 1. The van der Waals surface area contributed by atoms with E-state index in [1.807, 2.05) is 15.9 Å². The lowest BCUT2D eigenvalue weighted by Gasteiger charge is -2.41. The van der Waals surface area contributed by atoms with Gasteiger partial charge in [0.05, 0.1) is 35.4 Å². The molecule has 174 valence electrons. The van der Waals surface area contributed by atoms with E-state index in [-0.39, 0.29) is 36.0 Å². The van der Waals surface area contributed by atoms with Crippen LogP contribution in [0, 0.1) is 17.1 Å². The first-order valence-electron chi connectivity index (χ1n) is 11.5. The predicted molar refractivity (Wildman–Crippen MR) is 121 cm³/mol. The minimum atomic E-state index is -3.06.